The smallest absolute Gasteiger partial charge is 0.279 e. The molecule has 0 aromatic heterocycles. The minimum Gasteiger partial charge on any atom is -0.338 e. The van der Waals surface area contributed by atoms with E-state index in [-0.39, 0.29) is 5.91 Å². The molecule has 0 saturated carbocycles. The van der Waals surface area contributed by atoms with Crippen LogP contribution in [0, 0.1) is 6.92 Å². The lowest BCUT2D eigenvalue weighted by Crippen LogP contribution is -3.15. The van der Waals surface area contributed by atoms with E-state index in [9.17, 15) is 4.79 Å². The third kappa shape index (κ3) is 5.30. The first kappa shape index (κ1) is 20.3. The van der Waals surface area contributed by atoms with Crippen LogP contribution in [0.2, 0.25) is 0 Å². The van der Waals surface area contributed by atoms with Crippen LogP contribution in [-0.2, 0) is 11.2 Å². The number of carbonyl (C=O) groups is 1. The van der Waals surface area contributed by atoms with Gasteiger partial charge in [-0.3, -0.25) is 4.79 Å². The highest BCUT2D eigenvalue weighted by Gasteiger charge is 2.24. The highest BCUT2D eigenvalue weighted by Crippen LogP contribution is 2.15. The Hall–Kier alpha value is -2.44. The summed E-state index contributed by atoms with van der Waals surface area (Å²) in [5.41, 5.74) is 4.33. The number of carbonyl (C=O) groups excluding carboxylic acids is 1. The Balaban J connectivity index is 1.46. The monoisotopic (exact) mass is 397 g/mol. The molecule has 2 aromatic rings. The Labute approximate surface area is 172 Å². The number of thiocarbonyl (C=S) groups is 1. The van der Waals surface area contributed by atoms with Crippen molar-refractivity contribution < 1.29 is 9.69 Å². The summed E-state index contributed by atoms with van der Waals surface area (Å²) >= 11 is 5.58. The molecule has 0 atom stereocenters. The fourth-order valence-electron chi connectivity index (χ4n) is 3.48. The van der Waals surface area contributed by atoms with Crippen molar-refractivity contribution in [1.29, 1.82) is 0 Å². The van der Waals surface area contributed by atoms with Gasteiger partial charge in [0.25, 0.3) is 5.91 Å². The van der Waals surface area contributed by atoms with Crippen LogP contribution in [-0.4, -0.2) is 48.6 Å². The molecule has 1 fully saturated rings. The van der Waals surface area contributed by atoms with Crippen molar-refractivity contribution in [2.24, 2.45) is 0 Å². The SMILES string of the molecule is CCc1ccccc1NC(=O)C[NH+]1CCN(C(=S)Nc2ccccc2C)CC1. The van der Waals surface area contributed by atoms with Gasteiger partial charge in [-0.1, -0.05) is 43.3 Å². The summed E-state index contributed by atoms with van der Waals surface area (Å²) in [7, 11) is 0. The van der Waals surface area contributed by atoms with Crippen molar-refractivity contribution in [2.45, 2.75) is 20.3 Å². The van der Waals surface area contributed by atoms with E-state index < -0.39 is 0 Å². The topological polar surface area (TPSA) is 48.8 Å². The summed E-state index contributed by atoms with van der Waals surface area (Å²) in [5.74, 6) is 0.0740. The first-order chi connectivity index (χ1) is 13.6. The van der Waals surface area contributed by atoms with Crippen LogP contribution in [0.3, 0.4) is 0 Å². The van der Waals surface area contributed by atoms with Gasteiger partial charge in [0.05, 0.1) is 26.2 Å². The van der Waals surface area contributed by atoms with Gasteiger partial charge in [-0.05, 0) is 48.8 Å². The van der Waals surface area contributed by atoms with Crippen LogP contribution in [0.5, 0.6) is 0 Å². The molecule has 0 bridgehead atoms. The number of nitrogens with zero attached hydrogens (tertiary/aromatic N) is 1. The molecule has 1 aliphatic heterocycles. The molecule has 3 N–H and O–H groups in total. The first-order valence-corrected chi connectivity index (χ1v) is 10.3. The lowest BCUT2D eigenvalue weighted by molar-refractivity contribution is -0.895. The van der Waals surface area contributed by atoms with E-state index in [4.69, 9.17) is 12.2 Å². The van der Waals surface area contributed by atoms with Crippen LogP contribution < -0.4 is 15.5 Å². The van der Waals surface area contributed by atoms with Gasteiger partial charge >= 0.3 is 0 Å². The van der Waals surface area contributed by atoms with Gasteiger partial charge in [0.1, 0.15) is 0 Å². The van der Waals surface area contributed by atoms with E-state index in [2.05, 4.69) is 41.5 Å². The van der Waals surface area contributed by atoms with Crippen molar-refractivity contribution in [3.05, 3.63) is 59.7 Å². The third-order valence-electron chi connectivity index (χ3n) is 5.23. The van der Waals surface area contributed by atoms with Crippen molar-refractivity contribution in [1.82, 2.24) is 4.90 Å². The van der Waals surface area contributed by atoms with Crippen molar-refractivity contribution in [3.8, 4) is 0 Å². The average molecular weight is 398 g/mol. The van der Waals surface area contributed by atoms with E-state index in [1.54, 1.807) is 0 Å². The van der Waals surface area contributed by atoms with Crippen LogP contribution >= 0.6 is 12.2 Å². The first-order valence-electron chi connectivity index (χ1n) is 9.89. The Bertz CT molecular complexity index is 831. The summed E-state index contributed by atoms with van der Waals surface area (Å²) in [6.45, 7) is 8.17. The Kier molecular flexibility index (Phi) is 7.01. The molecular formula is C22H29N4OS+. The molecule has 1 aliphatic rings. The normalized spacial score (nSPS) is 14.6. The summed E-state index contributed by atoms with van der Waals surface area (Å²) < 4.78 is 0. The van der Waals surface area contributed by atoms with Gasteiger partial charge in [-0.15, -0.1) is 0 Å². The van der Waals surface area contributed by atoms with E-state index in [1.807, 2.05) is 36.4 Å². The number of amides is 1. The number of quaternary nitrogens is 1. The Morgan fingerprint density at radius 2 is 1.68 bits per heavy atom. The molecule has 1 amide bonds. The molecule has 1 heterocycles. The standard InChI is InChI=1S/C22H28N4OS/c1-3-18-9-5-7-11-20(18)23-21(27)16-25-12-14-26(15-13-25)22(28)24-19-10-6-4-8-17(19)2/h4-11H,3,12-16H2,1-2H3,(H,23,27)(H,24,28)/p+1. The van der Waals surface area contributed by atoms with Crippen LogP contribution in [0.4, 0.5) is 11.4 Å². The number of hydrogen-bond donors (Lipinski definition) is 3. The molecule has 0 spiro atoms. The molecule has 28 heavy (non-hydrogen) atoms. The average Bonchev–Trinajstić information content (AvgIpc) is 2.70. The Morgan fingerprint density at radius 1 is 1.04 bits per heavy atom. The lowest BCUT2D eigenvalue weighted by Gasteiger charge is -2.33. The minimum absolute atomic E-state index is 0.0740. The molecule has 148 valence electrons. The maximum Gasteiger partial charge on any atom is 0.279 e. The zero-order valence-electron chi connectivity index (χ0n) is 16.6. The van der Waals surface area contributed by atoms with E-state index in [0.717, 1.165) is 49.1 Å². The van der Waals surface area contributed by atoms with Crippen molar-refractivity contribution in [3.63, 3.8) is 0 Å². The largest absolute Gasteiger partial charge is 0.338 e. The molecule has 3 rings (SSSR count). The fraction of sp³-hybridized carbons (Fsp3) is 0.364. The number of piperazine rings is 1. The number of nitrogens with one attached hydrogen (secondary N) is 3. The molecule has 2 aromatic carbocycles. The van der Waals surface area contributed by atoms with Crippen molar-refractivity contribution in [2.75, 3.05) is 43.4 Å². The molecule has 0 aliphatic carbocycles. The number of para-hydroxylation sites is 2. The second-order valence-electron chi connectivity index (χ2n) is 7.22. The second-order valence-corrected chi connectivity index (χ2v) is 7.60. The van der Waals surface area contributed by atoms with Gasteiger partial charge in [-0.25, -0.2) is 0 Å². The summed E-state index contributed by atoms with van der Waals surface area (Å²) in [6.07, 6.45) is 0.910. The second kappa shape index (κ2) is 9.66. The molecule has 5 nitrogen and oxygen atoms in total. The number of hydrogen-bond acceptors (Lipinski definition) is 2. The minimum atomic E-state index is 0.0740. The van der Waals surface area contributed by atoms with Gasteiger partial charge in [-0.2, -0.15) is 0 Å². The van der Waals surface area contributed by atoms with Crippen LogP contribution in [0.25, 0.3) is 0 Å². The zero-order valence-corrected chi connectivity index (χ0v) is 17.4. The van der Waals surface area contributed by atoms with Gasteiger partial charge < -0.3 is 20.4 Å². The molecule has 0 unspecified atom stereocenters. The number of aryl methyl sites for hydroxylation is 2. The quantitative estimate of drug-likeness (QED) is 0.677. The predicted molar refractivity (Wildman–Crippen MR) is 119 cm³/mol. The maximum atomic E-state index is 12.5. The summed E-state index contributed by atoms with van der Waals surface area (Å²) in [4.78, 5) is 15.9. The number of anilines is 2. The Morgan fingerprint density at radius 3 is 2.36 bits per heavy atom. The maximum absolute atomic E-state index is 12.5. The molecule has 0 radical (unpaired) electrons. The predicted octanol–water partition coefficient (Wildman–Crippen LogP) is 2.09. The number of rotatable bonds is 5. The summed E-state index contributed by atoms with van der Waals surface area (Å²) in [6, 6.07) is 16.1. The van der Waals surface area contributed by atoms with E-state index in [0.29, 0.717) is 6.54 Å². The lowest BCUT2D eigenvalue weighted by atomic mass is 10.1. The summed E-state index contributed by atoms with van der Waals surface area (Å²) in [5, 5.41) is 7.18. The van der Waals surface area contributed by atoms with E-state index >= 15 is 0 Å². The van der Waals surface area contributed by atoms with Gasteiger partial charge in [0.15, 0.2) is 11.7 Å². The van der Waals surface area contributed by atoms with Crippen LogP contribution in [0.1, 0.15) is 18.1 Å². The number of benzene rings is 2. The fourth-order valence-corrected chi connectivity index (χ4v) is 3.77. The van der Waals surface area contributed by atoms with E-state index in [1.165, 1.54) is 16.0 Å². The molecule has 6 heteroatoms. The molecule has 1 saturated heterocycles. The van der Waals surface area contributed by atoms with Crippen molar-refractivity contribution >= 4 is 34.6 Å². The zero-order chi connectivity index (χ0) is 19.9. The highest BCUT2D eigenvalue weighted by atomic mass is 32.1. The molecular weight excluding hydrogens is 368 g/mol. The van der Waals surface area contributed by atoms with Crippen LogP contribution in [0.15, 0.2) is 48.5 Å². The third-order valence-corrected chi connectivity index (χ3v) is 5.59. The van der Waals surface area contributed by atoms with Gasteiger partial charge in [0.2, 0.25) is 0 Å². The van der Waals surface area contributed by atoms with Gasteiger partial charge in [0, 0.05) is 11.4 Å². The highest BCUT2D eigenvalue weighted by molar-refractivity contribution is 7.80.